The third kappa shape index (κ3) is 3.23. The van der Waals surface area contributed by atoms with Gasteiger partial charge in [-0.25, -0.2) is 4.98 Å². The van der Waals surface area contributed by atoms with Crippen molar-refractivity contribution >= 4 is 34.4 Å². The minimum atomic E-state index is -0.531. The first kappa shape index (κ1) is 14.7. The van der Waals surface area contributed by atoms with E-state index in [9.17, 15) is 10.1 Å². The molecule has 0 aliphatic rings. The van der Waals surface area contributed by atoms with Crippen molar-refractivity contribution in [2.24, 2.45) is 0 Å². The van der Waals surface area contributed by atoms with Crippen LogP contribution in [0, 0.1) is 10.1 Å². The Labute approximate surface area is 125 Å². The third-order valence-electron chi connectivity index (χ3n) is 2.82. The lowest BCUT2D eigenvalue weighted by Crippen LogP contribution is -2.27. The molecule has 0 radical (unpaired) electrons. The summed E-state index contributed by atoms with van der Waals surface area (Å²) in [6, 6.07) is 4.01. The molecule has 0 saturated carbocycles. The number of hydrogen-bond donors (Lipinski definition) is 1. The van der Waals surface area contributed by atoms with E-state index in [-0.39, 0.29) is 22.2 Å². The van der Waals surface area contributed by atoms with E-state index < -0.39 is 4.92 Å². The van der Waals surface area contributed by atoms with Crippen molar-refractivity contribution in [1.29, 1.82) is 0 Å². The van der Waals surface area contributed by atoms with Crippen molar-refractivity contribution < 1.29 is 4.92 Å². The maximum Gasteiger partial charge on any atom is 0.329 e. The Morgan fingerprint density at radius 2 is 2.30 bits per heavy atom. The van der Waals surface area contributed by atoms with Crippen LogP contribution in [-0.4, -0.2) is 21.4 Å². The Kier molecular flexibility index (Phi) is 4.20. The van der Waals surface area contributed by atoms with E-state index in [2.05, 4.69) is 29.1 Å². The molecule has 2 heterocycles. The van der Waals surface area contributed by atoms with Crippen LogP contribution in [0.2, 0.25) is 5.28 Å². The van der Waals surface area contributed by atoms with Gasteiger partial charge in [-0.3, -0.25) is 10.1 Å². The maximum atomic E-state index is 10.9. The lowest BCUT2D eigenvalue weighted by molar-refractivity contribution is -0.384. The highest BCUT2D eigenvalue weighted by Gasteiger charge is 2.24. The standard InChI is InChI=1S/C12H13ClN4O2S/c1-12(2,9-4-3-5-20-9)7-15-10-8(17(18)19)6-14-11(13)16-10/h3-6H,7H2,1-2H3,(H,14,15,16). The van der Waals surface area contributed by atoms with Crippen LogP contribution in [0.4, 0.5) is 11.5 Å². The molecule has 2 aromatic heterocycles. The first-order valence-electron chi connectivity index (χ1n) is 5.85. The summed E-state index contributed by atoms with van der Waals surface area (Å²) in [5, 5.41) is 15.9. The zero-order valence-corrected chi connectivity index (χ0v) is 12.5. The van der Waals surface area contributed by atoms with Crippen LogP contribution >= 0.6 is 22.9 Å². The monoisotopic (exact) mass is 312 g/mol. The van der Waals surface area contributed by atoms with E-state index in [1.165, 1.54) is 4.88 Å². The molecule has 0 unspecified atom stereocenters. The summed E-state index contributed by atoms with van der Waals surface area (Å²) < 4.78 is 0. The fourth-order valence-electron chi connectivity index (χ4n) is 1.67. The van der Waals surface area contributed by atoms with Crippen LogP contribution in [0.3, 0.4) is 0 Å². The summed E-state index contributed by atoms with van der Waals surface area (Å²) >= 11 is 7.33. The predicted molar refractivity (Wildman–Crippen MR) is 79.5 cm³/mol. The summed E-state index contributed by atoms with van der Waals surface area (Å²) in [5.41, 5.74) is -0.351. The van der Waals surface area contributed by atoms with Gasteiger partial charge < -0.3 is 5.32 Å². The van der Waals surface area contributed by atoms with Gasteiger partial charge in [0.15, 0.2) is 0 Å². The minimum Gasteiger partial charge on any atom is -0.363 e. The van der Waals surface area contributed by atoms with E-state index in [0.29, 0.717) is 6.54 Å². The number of thiophene rings is 1. The fraction of sp³-hybridized carbons (Fsp3) is 0.333. The molecule has 0 amide bonds. The summed E-state index contributed by atoms with van der Waals surface area (Å²) in [4.78, 5) is 19.1. The largest absolute Gasteiger partial charge is 0.363 e. The molecule has 0 atom stereocenters. The zero-order chi connectivity index (χ0) is 14.8. The zero-order valence-electron chi connectivity index (χ0n) is 11.0. The quantitative estimate of drug-likeness (QED) is 0.519. The smallest absolute Gasteiger partial charge is 0.329 e. The van der Waals surface area contributed by atoms with Gasteiger partial charge in [0.25, 0.3) is 0 Å². The highest BCUT2D eigenvalue weighted by Crippen LogP contribution is 2.29. The van der Waals surface area contributed by atoms with Crippen molar-refractivity contribution in [2.45, 2.75) is 19.3 Å². The Bertz CT molecular complexity index is 616. The molecule has 0 bridgehead atoms. The fourth-order valence-corrected chi connectivity index (χ4v) is 2.66. The number of nitrogens with zero attached hydrogens (tertiary/aromatic N) is 3. The lowest BCUT2D eigenvalue weighted by atomic mass is 9.91. The molecule has 2 aromatic rings. The van der Waals surface area contributed by atoms with Crippen LogP contribution in [0.25, 0.3) is 0 Å². The minimum absolute atomic E-state index is 0.0213. The first-order chi connectivity index (χ1) is 9.40. The number of nitro groups is 1. The molecule has 0 aliphatic carbocycles. The average molecular weight is 313 g/mol. The Morgan fingerprint density at radius 3 is 2.90 bits per heavy atom. The third-order valence-corrected chi connectivity index (χ3v) is 4.24. The number of rotatable bonds is 5. The molecule has 8 heteroatoms. The Balaban J connectivity index is 2.19. The van der Waals surface area contributed by atoms with Crippen LogP contribution in [0.5, 0.6) is 0 Å². The molecular formula is C12H13ClN4O2S. The molecule has 0 fully saturated rings. The van der Waals surface area contributed by atoms with Crippen LogP contribution in [0.1, 0.15) is 18.7 Å². The van der Waals surface area contributed by atoms with Crippen LogP contribution in [0.15, 0.2) is 23.7 Å². The normalized spacial score (nSPS) is 11.3. The topological polar surface area (TPSA) is 81.0 Å². The van der Waals surface area contributed by atoms with Crippen LogP contribution in [-0.2, 0) is 5.41 Å². The second-order valence-corrected chi connectivity index (χ2v) is 6.13. The second-order valence-electron chi connectivity index (χ2n) is 4.84. The molecule has 0 spiro atoms. The predicted octanol–water partition coefficient (Wildman–Crippen LogP) is 3.49. The molecule has 2 rings (SSSR count). The number of aromatic nitrogens is 2. The van der Waals surface area contributed by atoms with Gasteiger partial charge in [-0.15, -0.1) is 11.3 Å². The van der Waals surface area contributed by atoms with Crippen molar-refractivity contribution in [3.63, 3.8) is 0 Å². The SMILES string of the molecule is CC(C)(CNc1nc(Cl)ncc1[N+](=O)[O-])c1cccs1. The van der Waals surface area contributed by atoms with Gasteiger partial charge in [-0.2, -0.15) is 4.98 Å². The number of nitrogens with one attached hydrogen (secondary N) is 1. The summed E-state index contributed by atoms with van der Waals surface area (Å²) in [7, 11) is 0. The summed E-state index contributed by atoms with van der Waals surface area (Å²) in [5.74, 6) is 0.139. The van der Waals surface area contributed by atoms with E-state index in [1.54, 1.807) is 11.3 Å². The molecule has 6 nitrogen and oxygen atoms in total. The lowest BCUT2D eigenvalue weighted by Gasteiger charge is -2.23. The van der Waals surface area contributed by atoms with E-state index >= 15 is 0 Å². The molecule has 0 aromatic carbocycles. The van der Waals surface area contributed by atoms with Crippen molar-refractivity contribution in [3.8, 4) is 0 Å². The van der Waals surface area contributed by atoms with Gasteiger partial charge >= 0.3 is 5.69 Å². The van der Waals surface area contributed by atoms with Gasteiger partial charge in [0, 0.05) is 16.8 Å². The molecule has 106 valence electrons. The van der Waals surface area contributed by atoms with Gasteiger partial charge in [-0.1, -0.05) is 19.9 Å². The first-order valence-corrected chi connectivity index (χ1v) is 7.11. The van der Waals surface area contributed by atoms with Crippen molar-refractivity contribution in [3.05, 3.63) is 44.0 Å². The van der Waals surface area contributed by atoms with Crippen molar-refractivity contribution in [1.82, 2.24) is 9.97 Å². The molecule has 20 heavy (non-hydrogen) atoms. The van der Waals surface area contributed by atoms with Crippen LogP contribution < -0.4 is 5.32 Å². The summed E-state index contributed by atoms with van der Waals surface area (Å²) in [6.07, 6.45) is 1.11. The number of hydrogen-bond acceptors (Lipinski definition) is 6. The molecule has 0 saturated heterocycles. The van der Waals surface area contributed by atoms with Gasteiger partial charge in [0.2, 0.25) is 11.1 Å². The highest BCUT2D eigenvalue weighted by atomic mass is 35.5. The number of halogens is 1. The average Bonchev–Trinajstić information content (AvgIpc) is 2.90. The molecular weight excluding hydrogens is 300 g/mol. The van der Waals surface area contributed by atoms with Crippen molar-refractivity contribution in [2.75, 3.05) is 11.9 Å². The number of anilines is 1. The summed E-state index contributed by atoms with van der Waals surface area (Å²) in [6.45, 7) is 4.61. The second kappa shape index (κ2) is 5.72. The van der Waals surface area contributed by atoms with E-state index in [4.69, 9.17) is 11.6 Å². The van der Waals surface area contributed by atoms with E-state index in [0.717, 1.165) is 6.20 Å². The Hall–Kier alpha value is -1.73. The Morgan fingerprint density at radius 1 is 1.55 bits per heavy atom. The molecule has 0 aliphatic heterocycles. The molecule has 1 N–H and O–H groups in total. The highest BCUT2D eigenvalue weighted by molar-refractivity contribution is 7.10. The van der Waals surface area contributed by atoms with E-state index in [1.807, 2.05) is 17.5 Å². The van der Waals surface area contributed by atoms with Gasteiger partial charge in [0.05, 0.1) is 4.92 Å². The van der Waals surface area contributed by atoms with Gasteiger partial charge in [0.1, 0.15) is 6.20 Å². The van der Waals surface area contributed by atoms with Gasteiger partial charge in [-0.05, 0) is 23.0 Å². The maximum absolute atomic E-state index is 10.9.